The highest BCUT2D eigenvalue weighted by atomic mass is 32.1. The van der Waals surface area contributed by atoms with E-state index in [9.17, 15) is 0 Å². The second-order valence-electron chi connectivity index (χ2n) is 5.00. The molecule has 0 fully saturated rings. The van der Waals surface area contributed by atoms with Crippen molar-refractivity contribution in [3.63, 3.8) is 0 Å². The van der Waals surface area contributed by atoms with Gasteiger partial charge in [-0.3, -0.25) is 0 Å². The van der Waals surface area contributed by atoms with Crippen LogP contribution >= 0.6 is 11.3 Å². The summed E-state index contributed by atoms with van der Waals surface area (Å²) in [5.74, 6) is 0.237. The first kappa shape index (κ1) is 13.9. The molecule has 2 atom stereocenters. The largest absolute Gasteiger partial charge is 0.318 e. The van der Waals surface area contributed by atoms with Crippen LogP contribution in [0.15, 0.2) is 60.7 Å². The lowest BCUT2D eigenvalue weighted by Gasteiger charge is -2.08. The Morgan fingerprint density at radius 3 is 1.95 bits per heavy atom. The minimum atomic E-state index is -0.208. The lowest BCUT2D eigenvalue weighted by atomic mass is 10.0. The van der Waals surface area contributed by atoms with Gasteiger partial charge in [0.1, 0.15) is 10.0 Å². The van der Waals surface area contributed by atoms with Crippen LogP contribution in [0.3, 0.4) is 0 Å². The Bertz CT molecular complexity index is 634. The molecule has 0 saturated carbocycles. The summed E-state index contributed by atoms with van der Waals surface area (Å²) < 4.78 is 0. The molecule has 0 saturated heterocycles. The van der Waals surface area contributed by atoms with Gasteiger partial charge < -0.3 is 5.73 Å². The molecule has 2 unspecified atom stereocenters. The van der Waals surface area contributed by atoms with Crippen molar-refractivity contribution in [2.24, 2.45) is 5.73 Å². The van der Waals surface area contributed by atoms with Gasteiger partial charge in [0.2, 0.25) is 0 Å². The van der Waals surface area contributed by atoms with Crippen molar-refractivity contribution in [3.8, 4) is 0 Å². The molecule has 0 radical (unpaired) electrons. The number of aromatic nitrogens is 2. The zero-order chi connectivity index (χ0) is 14.7. The maximum absolute atomic E-state index is 6.28. The summed E-state index contributed by atoms with van der Waals surface area (Å²) in [6.07, 6.45) is 0. The van der Waals surface area contributed by atoms with Crippen LogP contribution < -0.4 is 5.73 Å². The first-order valence-corrected chi connectivity index (χ1v) is 7.76. The number of nitrogens with two attached hydrogens (primary N) is 1. The molecular formula is C17H17N3S. The third-order valence-corrected chi connectivity index (χ3v) is 4.74. The molecule has 0 aliphatic rings. The fourth-order valence-electron chi connectivity index (χ4n) is 2.23. The van der Waals surface area contributed by atoms with E-state index in [4.69, 9.17) is 5.73 Å². The molecule has 4 heteroatoms. The normalized spacial score (nSPS) is 13.8. The van der Waals surface area contributed by atoms with E-state index in [1.807, 2.05) is 48.5 Å². The summed E-state index contributed by atoms with van der Waals surface area (Å²) in [5.41, 5.74) is 8.58. The van der Waals surface area contributed by atoms with Crippen LogP contribution in [0.25, 0.3) is 0 Å². The number of rotatable bonds is 4. The van der Waals surface area contributed by atoms with Crippen molar-refractivity contribution < 1.29 is 0 Å². The number of nitrogens with zero attached hydrogens (tertiary/aromatic N) is 2. The van der Waals surface area contributed by atoms with Gasteiger partial charge in [-0.15, -0.1) is 10.2 Å². The van der Waals surface area contributed by atoms with Crippen LogP contribution in [-0.4, -0.2) is 10.2 Å². The topological polar surface area (TPSA) is 51.8 Å². The molecule has 2 N–H and O–H groups in total. The van der Waals surface area contributed by atoms with Gasteiger partial charge in [-0.1, -0.05) is 78.9 Å². The van der Waals surface area contributed by atoms with Gasteiger partial charge in [-0.25, -0.2) is 0 Å². The van der Waals surface area contributed by atoms with Gasteiger partial charge in [0, 0.05) is 5.92 Å². The van der Waals surface area contributed by atoms with Gasteiger partial charge in [-0.05, 0) is 11.1 Å². The van der Waals surface area contributed by atoms with E-state index in [2.05, 4.69) is 29.3 Å². The molecule has 21 heavy (non-hydrogen) atoms. The lowest BCUT2D eigenvalue weighted by molar-refractivity contribution is 0.809. The summed E-state index contributed by atoms with van der Waals surface area (Å²) in [4.78, 5) is 0. The zero-order valence-electron chi connectivity index (χ0n) is 11.8. The Hall–Kier alpha value is -2.04. The van der Waals surface area contributed by atoms with Crippen molar-refractivity contribution in [1.29, 1.82) is 0 Å². The smallest absolute Gasteiger partial charge is 0.138 e. The van der Waals surface area contributed by atoms with Crippen molar-refractivity contribution in [2.75, 3.05) is 0 Å². The highest BCUT2D eigenvalue weighted by Crippen LogP contribution is 2.30. The van der Waals surface area contributed by atoms with E-state index in [0.717, 1.165) is 15.6 Å². The van der Waals surface area contributed by atoms with Gasteiger partial charge in [0.05, 0.1) is 6.04 Å². The second-order valence-corrected chi connectivity index (χ2v) is 6.04. The first-order chi connectivity index (χ1) is 10.3. The van der Waals surface area contributed by atoms with Crippen LogP contribution in [0.1, 0.15) is 40.0 Å². The molecule has 3 nitrogen and oxygen atoms in total. The maximum atomic E-state index is 6.28. The van der Waals surface area contributed by atoms with E-state index in [-0.39, 0.29) is 12.0 Å². The average molecular weight is 295 g/mol. The minimum absolute atomic E-state index is 0.208. The van der Waals surface area contributed by atoms with Gasteiger partial charge in [0.25, 0.3) is 0 Å². The Labute approximate surface area is 128 Å². The summed E-state index contributed by atoms with van der Waals surface area (Å²) in [5, 5.41) is 10.5. The highest BCUT2D eigenvalue weighted by molar-refractivity contribution is 7.11. The van der Waals surface area contributed by atoms with E-state index in [1.54, 1.807) is 11.3 Å². The summed E-state index contributed by atoms with van der Waals surface area (Å²) in [6, 6.07) is 20.1. The van der Waals surface area contributed by atoms with Crippen molar-refractivity contribution in [3.05, 3.63) is 81.8 Å². The van der Waals surface area contributed by atoms with Crippen molar-refractivity contribution in [1.82, 2.24) is 10.2 Å². The van der Waals surface area contributed by atoms with Crippen LogP contribution in [0.5, 0.6) is 0 Å². The third-order valence-electron chi connectivity index (χ3n) is 3.55. The standard InChI is InChI=1S/C17H17N3S/c1-12(13-8-4-2-5-9-13)16-19-20-17(21-16)15(18)14-10-6-3-7-11-14/h2-12,15H,18H2,1H3. The van der Waals surface area contributed by atoms with Crippen LogP contribution in [-0.2, 0) is 0 Å². The molecule has 2 aromatic carbocycles. The Morgan fingerprint density at radius 2 is 1.33 bits per heavy atom. The summed E-state index contributed by atoms with van der Waals surface area (Å²) in [7, 11) is 0. The quantitative estimate of drug-likeness (QED) is 0.797. The highest BCUT2D eigenvalue weighted by Gasteiger charge is 2.18. The molecule has 1 heterocycles. The predicted molar refractivity (Wildman–Crippen MR) is 86.3 cm³/mol. The fourth-order valence-corrected chi connectivity index (χ4v) is 3.19. The monoisotopic (exact) mass is 295 g/mol. The lowest BCUT2D eigenvalue weighted by Crippen LogP contribution is -2.11. The third kappa shape index (κ3) is 3.01. The molecule has 0 aliphatic heterocycles. The average Bonchev–Trinajstić information content (AvgIpc) is 3.05. The van der Waals surface area contributed by atoms with Crippen molar-refractivity contribution >= 4 is 11.3 Å². The molecule has 1 aromatic heterocycles. The molecule has 0 bridgehead atoms. The van der Waals surface area contributed by atoms with E-state index < -0.39 is 0 Å². The molecule has 0 aliphatic carbocycles. The molecule has 106 valence electrons. The predicted octanol–water partition coefficient (Wildman–Crippen LogP) is 3.74. The molecular weight excluding hydrogens is 278 g/mol. The molecule has 0 amide bonds. The number of hydrogen-bond donors (Lipinski definition) is 1. The van der Waals surface area contributed by atoms with Crippen LogP contribution in [0, 0.1) is 0 Å². The Kier molecular flexibility index (Phi) is 4.08. The SMILES string of the molecule is CC(c1ccccc1)c1nnc(C(N)c2ccccc2)s1. The zero-order valence-corrected chi connectivity index (χ0v) is 12.6. The molecule has 0 spiro atoms. The van der Waals surface area contributed by atoms with E-state index in [1.165, 1.54) is 5.56 Å². The molecule has 3 rings (SSSR count). The summed E-state index contributed by atoms with van der Waals surface area (Å²) >= 11 is 1.59. The molecule has 3 aromatic rings. The minimum Gasteiger partial charge on any atom is -0.318 e. The maximum Gasteiger partial charge on any atom is 0.138 e. The van der Waals surface area contributed by atoms with E-state index >= 15 is 0 Å². The van der Waals surface area contributed by atoms with Gasteiger partial charge in [0.15, 0.2) is 0 Å². The summed E-state index contributed by atoms with van der Waals surface area (Å²) in [6.45, 7) is 2.15. The number of benzene rings is 2. The second kappa shape index (κ2) is 6.16. The van der Waals surface area contributed by atoms with E-state index in [0.29, 0.717) is 0 Å². The van der Waals surface area contributed by atoms with Crippen LogP contribution in [0.2, 0.25) is 0 Å². The van der Waals surface area contributed by atoms with Crippen LogP contribution in [0.4, 0.5) is 0 Å². The van der Waals surface area contributed by atoms with Crippen molar-refractivity contribution in [2.45, 2.75) is 18.9 Å². The Balaban J connectivity index is 1.84. The van der Waals surface area contributed by atoms with Gasteiger partial charge in [-0.2, -0.15) is 0 Å². The van der Waals surface area contributed by atoms with Gasteiger partial charge >= 0.3 is 0 Å². The Morgan fingerprint density at radius 1 is 0.810 bits per heavy atom. The fraction of sp³-hybridized carbons (Fsp3) is 0.176. The number of hydrogen-bond acceptors (Lipinski definition) is 4. The first-order valence-electron chi connectivity index (χ1n) is 6.94.